The smallest absolute Gasteiger partial charge is 0.162 e. The van der Waals surface area contributed by atoms with E-state index >= 15 is 0 Å². The number of anilines is 1. The number of nitriles is 1. The standard InChI is InChI=1S/C15H14N2O3/c1-20-14-7-10(8-16)5-6-12(14)17-9-11-3-2-4-13(18)15(11)19/h2-7,17-19H,9H2,1H3. The van der Waals surface area contributed by atoms with Gasteiger partial charge in [-0.25, -0.2) is 0 Å². The van der Waals surface area contributed by atoms with Crippen molar-refractivity contribution in [3.63, 3.8) is 0 Å². The van der Waals surface area contributed by atoms with Crippen molar-refractivity contribution in [2.24, 2.45) is 0 Å². The predicted molar refractivity (Wildman–Crippen MR) is 74.8 cm³/mol. The molecule has 0 bridgehead atoms. The minimum atomic E-state index is -0.156. The number of nitrogens with zero attached hydrogens (tertiary/aromatic N) is 1. The summed E-state index contributed by atoms with van der Waals surface area (Å²) in [5.41, 5.74) is 1.78. The number of hydrogen-bond acceptors (Lipinski definition) is 5. The maximum Gasteiger partial charge on any atom is 0.162 e. The summed E-state index contributed by atoms with van der Waals surface area (Å²) in [7, 11) is 1.52. The zero-order valence-electron chi connectivity index (χ0n) is 10.9. The van der Waals surface area contributed by atoms with E-state index in [2.05, 4.69) is 5.32 Å². The third-order valence-electron chi connectivity index (χ3n) is 2.90. The van der Waals surface area contributed by atoms with Crippen molar-refractivity contribution in [2.45, 2.75) is 6.54 Å². The Bertz CT molecular complexity index is 663. The van der Waals surface area contributed by atoms with Crippen LogP contribution in [0.1, 0.15) is 11.1 Å². The van der Waals surface area contributed by atoms with Gasteiger partial charge in [0.2, 0.25) is 0 Å². The molecule has 2 aromatic carbocycles. The summed E-state index contributed by atoms with van der Waals surface area (Å²) < 4.78 is 5.20. The van der Waals surface area contributed by atoms with Crippen LogP contribution in [0, 0.1) is 11.3 Å². The van der Waals surface area contributed by atoms with E-state index in [9.17, 15) is 10.2 Å². The van der Waals surface area contributed by atoms with Crippen molar-refractivity contribution in [1.82, 2.24) is 0 Å². The lowest BCUT2D eigenvalue weighted by molar-refractivity contribution is 0.399. The largest absolute Gasteiger partial charge is 0.504 e. The molecule has 0 heterocycles. The van der Waals surface area contributed by atoms with Gasteiger partial charge in [0, 0.05) is 18.2 Å². The lowest BCUT2D eigenvalue weighted by Gasteiger charge is -2.12. The molecule has 102 valence electrons. The molecule has 5 heteroatoms. The van der Waals surface area contributed by atoms with Gasteiger partial charge in [0.1, 0.15) is 5.75 Å². The zero-order valence-corrected chi connectivity index (χ0v) is 10.9. The molecule has 0 aliphatic rings. The Labute approximate surface area is 116 Å². The lowest BCUT2D eigenvalue weighted by atomic mass is 10.1. The normalized spacial score (nSPS) is 9.80. The SMILES string of the molecule is COc1cc(C#N)ccc1NCc1cccc(O)c1O. The molecule has 2 aromatic rings. The first-order valence-electron chi connectivity index (χ1n) is 5.97. The number of phenols is 2. The van der Waals surface area contributed by atoms with Gasteiger partial charge in [-0.3, -0.25) is 0 Å². The monoisotopic (exact) mass is 270 g/mol. The number of hydrogen-bond donors (Lipinski definition) is 3. The first kappa shape index (κ1) is 13.6. The molecular weight excluding hydrogens is 256 g/mol. The van der Waals surface area contributed by atoms with Gasteiger partial charge >= 0.3 is 0 Å². The number of para-hydroxylation sites is 1. The Balaban J connectivity index is 2.19. The molecule has 0 aliphatic heterocycles. The minimum absolute atomic E-state index is 0.146. The van der Waals surface area contributed by atoms with E-state index < -0.39 is 0 Å². The zero-order chi connectivity index (χ0) is 14.5. The molecule has 0 amide bonds. The highest BCUT2D eigenvalue weighted by atomic mass is 16.5. The number of phenolic OH excluding ortho intramolecular Hbond substituents is 2. The van der Waals surface area contributed by atoms with Crippen LogP contribution >= 0.6 is 0 Å². The highest BCUT2D eigenvalue weighted by Gasteiger charge is 2.08. The van der Waals surface area contributed by atoms with Gasteiger partial charge in [-0.1, -0.05) is 12.1 Å². The molecule has 0 saturated carbocycles. The molecule has 0 aromatic heterocycles. The average Bonchev–Trinajstić information content (AvgIpc) is 2.48. The number of benzene rings is 2. The summed E-state index contributed by atoms with van der Waals surface area (Å²) in [5, 5.41) is 31.1. The maximum atomic E-state index is 9.72. The van der Waals surface area contributed by atoms with Crippen LogP contribution in [0.15, 0.2) is 36.4 Å². The molecule has 0 fully saturated rings. The van der Waals surface area contributed by atoms with Crippen LogP contribution in [-0.2, 0) is 6.54 Å². The van der Waals surface area contributed by atoms with Crippen molar-refractivity contribution in [3.8, 4) is 23.3 Å². The van der Waals surface area contributed by atoms with Crippen molar-refractivity contribution in [2.75, 3.05) is 12.4 Å². The Kier molecular flexibility index (Phi) is 3.96. The Morgan fingerprint density at radius 2 is 2.05 bits per heavy atom. The predicted octanol–water partition coefficient (Wildman–Crippen LogP) is 2.59. The van der Waals surface area contributed by atoms with Gasteiger partial charge in [-0.15, -0.1) is 0 Å². The highest BCUT2D eigenvalue weighted by Crippen LogP contribution is 2.30. The van der Waals surface area contributed by atoms with Crippen LogP contribution in [0.25, 0.3) is 0 Å². The second kappa shape index (κ2) is 5.85. The fraction of sp³-hybridized carbons (Fsp3) is 0.133. The fourth-order valence-corrected chi connectivity index (χ4v) is 1.82. The molecule has 5 nitrogen and oxygen atoms in total. The van der Waals surface area contributed by atoms with E-state index in [0.29, 0.717) is 29.1 Å². The van der Waals surface area contributed by atoms with Gasteiger partial charge in [0.05, 0.1) is 24.4 Å². The maximum absolute atomic E-state index is 9.72. The van der Waals surface area contributed by atoms with Crippen molar-refractivity contribution in [1.29, 1.82) is 5.26 Å². The van der Waals surface area contributed by atoms with Crippen molar-refractivity contribution < 1.29 is 14.9 Å². The van der Waals surface area contributed by atoms with E-state index in [4.69, 9.17) is 10.00 Å². The average molecular weight is 270 g/mol. The second-order valence-corrected chi connectivity index (χ2v) is 4.17. The molecule has 0 saturated heterocycles. The van der Waals surface area contributed by atoms with E-state index in [1.165, 1.54) is 13.2 Å². The van der Waals surface area contributed by atoms with E-state index in [-0.39, 0.29) is 11.5 Å². The topological polar surface area (TPSA) is 85.5 Å². The first-order chi connectivity index (χ1) is 9.65. The van der Waals surface area contributed by atoms with Crippen molar-refractivity contribution in [3.05, 3.63) is 47.5 Å². The van der Waals surface area contributed by atoms with Crippen LogP contribution in [0.5, 0.6) is 17.2 Å². The highest BCUT2D eigenvalue weighted by molar-refractivity contribution is 5.60. The second-order valence-electron chi connectivity index (χ2n) is 4.17. The van der Waals surface area contributed by atoms with Gasteiger partial charge in [-0.2, -0.15) is 5.26 Å². The van der Waals surface area contributed by atoms with Crippen LogP contribution in [0.2, 0.25) is 0 Å². The molecule has 20 heavy (non-hydrogen) atoms. The molecule has 0 radical (unpaired) electrons. The van der Waals surface area contributed by atoms with Crippen LogP contribution in [0.4, 0.5) is 5.69 Å². The summed E-state index contributed by atoms with van der Waals surface area (Å²) >= 11 is 0. The number of methoxy groups -OCH3 is 1. The quantitative estimate of drug-likeness (QED) is 0.743. The number of rotatable bonds is 4. The molecule has 0 atom stereocenters. The number of aromatic hydroxyl groups is 2. The molecule has 3 N–H and O–H groups in total. The van der Waals surface area contributed by atoms with Gasteiger partial charge in [0.15, 0.2) is 11.5 Å². The number of ether oxygens (including phenoxy) is 1. The minimum Gasteiger partial charge on any atom is -0.504 e. The Morgan fingerprint density at radius 3 is 2.75 bits per heavy atom. The summed E-state index contributed by atoms with van der Waals surface area (Å²) in [4.78, 5) is 0. The third kappa shape index (κ3) is 2.75. The van der Waals surface area contributed by atoms with Crippen LogP contribution in [0.3, 0.4) is 0 Å². The van der Waals surface area contributed by atoms with Gasteiger partial charge in [0.25, 0.3) is 0 Å². The van der Waals surface area contributed by atoms with Crippen molar-refractivity contribution >= 4 is 5.69 Å². The number of nitrogens with one attached hydrogen (secondary N) is 1. The molecule has 0 spiro atoms. The molecular formula is C15H14N2O3. The first-order valence-corrected chi connectivity index (χ1v) is 5.97. The van der Waals surface area contributed by atoms with Crippen LogP contribution < -0.4 is 10.1 Å². The lowest BCUT2D eigenvalue weighted by Crippen LogP contribution is -2.02. The third-order valence-corrected chi connectivity index (χ3v) is 2.90. The van der Waals surface area contributed by atoms with E-state index in [1.807, 2.05) is 6.07 Å². The molecule has 2 rings (SSSR count). The van der Waals surface area contributed by atoms with Gasteiger partial charge in [-0.05, 0) is 18.2 Å². The summed E-state index contributed by atoms with van der Waals surface area (Å²) in [6.45, 7) is 0.322. The Morgan fingerprint density at radius 1 is 1.25 bits per heavy atom. The Hall–Kier alpha value is -2.87. The molecule has 0 unspecified atom stereocenters. The van der Waals surface area contributed by atoms with Gasteiger partial charge < -0.3 is 20.3 Å². The fourth-order valence-electron chi connectivity index (χ4n) is 1.82. The van der Waals surface area contributed by atoms with Crippen LogP contribution in [-0.4, -0.2) is 17.3 Å². The van der Waals surface area contributed by atoms with E-state index in [0.717, 1.165) is 0 Å². The summed E-state index contributed by atoms with van der Waals surface area (Å²) in [5.74, 6) is 0.243. The van der Waals surface area contributed by atoms with E-state index in [1.54, 1.807) is 30.3 Å². The summed E-state index contributed by atoms with van der Waals surface area (Å²) in [6, 6.07) is 11.9. The summed E-state index contributed by atoms with van der Waals surface area (Å²) in [6.07, 6.45) is 0. The molecule has 0 aliphatic carbocycles.